The standard InChI is InChI=1S/C28H35ClN2O5/c1-7-35-21-9-15(8-16(29)26(21)36-14-22(30)34)23-24-17(10-27(2,3)12-19(24)32)31(6)18-11-28(4,5)13-20(33)25(18)23/h8-9,23H,7,10-14H2,1-6H3,(H2,30,34). The van der Waals surface area contributed by atoms with E-state index in [0.717, 1.165) is 24.2 Å². The van der Waals surface area contributed by atoms with E-state index in [9.17, 15) is 14.4 Å². The van der Waals surface area contributed by atoms with E-state index in [0.29, 0.717) is 41.9 Å². The normalized spacial score (nSPS) is 21.4. The molecular formula is C28H35ClN2O5. The summed E-state index contributed by atoms with van der Waals surface area (Å²) in [6.45, 7) is 10.2. The number of rotatable bonds is 6. The van der Waals surface area contributed by atoms with Gasteiger partial charge >= 0.3 is 0 Å². The van der Waals surface area contributed by atoms with Crippen molar-refractivity contribution < 1.29 is 23.9 Å². The fourth-order valence-corrected chi connectivity index (χ4v) is 6.07. The molecule has 0 saturated carbocycles. The van der Waals surface area contributed by atoms with Gasteiger partial charge in [-0.05, 0) is 48.3 Å². The molecule has 36 heavy (non-hydrogen) atoms. The molecule has 1 aliphatic heterocycles. The molecule has 194 valence electrons. The minimum Gasteiger partial charge on any atom is -0.490 e. The van der Waals surface area contributed by atoms with Gasteiger partial charge in [-0.25, -0.2) is 0 Å². The number of primary amides is 1. The number of hydrogen-bond acceptors (Lipinski definition) is 6. The molecule has 0 aromatic heterocycles. The summed E-state index contributed by atoms with van der Waals surface area (Å²) in [5.74, 6) is -0.527. The lowest BCUT2D eigenvalue weighted by Gasteiger charge is -2.48. The number of Topliss-reactive ketones (excluding diaryl/α,β-unsaturated/α-hetero) is 2. The lowest BCUT2D eigenvalue weighted by Crippen LogP contribution is -2.43. The number of benzene rings is 1. The van der Waals surface area contributed by atoms with Crippen molar-refractivity contribution in [3.8, 4) is 11.5 Å². The van der Waals surface area contributed by atoms with Gasteiger partial charge in [0.2, 0.25) is 0 Å². The zero-order valence-corrected chi connectivity index (χ0v) is 22.7. The number of ketones is 2. The van der Waals surface area contributed by atoms with E-state index in [1.165, 1.54) is 0 Å². The second kappa shape index (κ2) is 9.25. The molecule has 1 aromatic carbocycles. The zero-order valence-electron chi connectivity index (χ0n) is 21.9. The highest BCUT2D eigenvalue weighted by atomic mass is 35.5. The number of amides is 1. The number of allylic oxidation sites excluding steroid dienone is 4. The maximum Gasteiger partial charge on any atom is 0.255 e. The van der Waals surface area contributed by atoms with Gasteiger partial charge in [-0.1, -0.05) is 39.3 Å². The first-order chi connectivity index (χ1) is 16.7. The average Bonchev–Trinajstić information content (AvgIpc) is 2.73. The van der Waals surface area contributed by atoms with Crippen LogP contribution in [0.15, 0.2) is 34.7 Å². The Bertz CT molecular complexity index is 1160. The Kier molecular flexibility index (Phi) is 6.75. The molecular weight excluding hydrogens is 480 g/mol. The van der Waals surface area contributed by atoms with Crippen molar-refractivity contribution in [1.82, 2.24) is 4.90 Å². The van der Waals surface area contributed by atoms with E-state index >= 15 is 0 Å². The molecule has 0 saturated heterocycles. The van der Waals surface area contributed by atoms with E-state index in [2.05, 4.69) is 32.6 Å². The van der Waals surface area contributed by atoms with Crippen LogP contribution in [-0.4, -0.2) is 42.6 Å². The van der Waals surface area contributed by atoms with Gasteiger partial charge < -0.3 is 20.1 Å². The van der Waals surface area contributed by atoms with E-state index in [-0.39, 0.29) is 39.8 Å². The maximum absolute atomic E-state index is 13.7. The molecule has 4 rings (SSSR count). The monoisotopic (exact) mass is 514 g/mol. The van der Waals surface area contributed by atoms with Gasteiger partial charge in [0, 0.05) is 48.3 Å². The highest BCUT2D eigenvalue weighted by Gasteiger charge is 2.48. The molecule has 3 aliphatic rings. The van der Waals surface area contributed by atoms with Gasteiger partial charge in [0.1, 0.15) is 0 Å². The van der Waals surface area contributed by atoms with Crippen molar-refractivity contribution >= 4 is 29.1 Å². The molecule has 8 heteroatoms. The molecule has 1 heterocycles. The average molecular weight is 515 g/mol. The van der Waals surface area contributed by atoms with Crippen molar-refractivity contribution in [2.45, 2.75) is 66.2 Å². The Morgan fingerprint density at radius 3 is 2.00 bits per heavy atom. The lowest BCUT2D eigenvalue weighted by molar-refractivity contribution is -0.121. The van der Waals surface area contributed by atoms with Crippen LogP contribution in [0, 0.1) is 10.8 Å². The molecule has 2 N–H and O–H groups in total. The van der Waals surface area contributed by atoms with E-state index in [1.54, 1.807) is 12.1 Å². The predicted octanol–water partition coefficient (Wildman–Crippen LogP) is 4.92. The number of carbonyl (C=O) groups excluding carboxylic acids is 3. The van der Waals surface area contributed by atoms with Crippen LogP contribution < -0.4 is 15.2 Å². The molecule has 1 aromatic rings. The first-order valence-electron chi connectivity index (χ1n) is 12.4. The molecule has 0 fully saturated rings. The summed E-state index contributed by atoms with van der Waals surface area (Å²) in [6.07, 6.45) is 2.28. The second-order valence-corrected chi connectivity index (χ2v) is 12.0. The summed E-state index contributed by atoms with van der Waals surface area (Å²) in [4.78, 5) is 40.7. The molecule has 7 nitrogen and oxygen atoms in total. The fourth-order valence-electron chi connectivity index (χ4n) is 5.80. The highest BCUT2D eigenvalue weighted by Crippen LogP contribution is 2.55. The lowest BCUT2D eigenvalue weighted by atomic mass is 9.63. The van der Waals surface area contributed by atoms with E-state index in [1.807, 2.05) is 14.0 Å². The molecule has 0 unspecified atom stereocenters. The van der Waals surface area contributed by atoms with Crippen LogP contribution in [-0.2, 0) is 14.4 Å². The van der Waals surface area contributed by atoms with Gasteiger partial charge in [-0.2, -0.15) is 0 Å². The third-order valence-corrected chi connectivity index (χ3v) is 7.48. The largest absolute Gasteiger partial charge is 0.490 e. The zero-order chi connectivity index (χ0) is 26.6. The Morgan fingerprint density at radius 2 is 1.53 bits per heavy atom. The predicted molar refractivity (Wildman–Crippen MR) is 138 cm³/mol. The van der Waals surface area contributed by atoms with Crippen LogP contribution in [0.1, 0.15) is 71.8 Å². The summed E-state index contributed by atoms with van der Waals surface area (Å²) >= 11 is 6.65. The van der Waals surface area contributed by atoms with Gasteiger partial charge in [0.15, 0.2) is 29.7 Å². The van der Waals surface area contributed by atoms with E-state index in [4.69, 9.17) is 26.8 Å². The number of carbonyl (C=O) groups is 3. The minimum absolute atomic E-state index is 0.0467. The highest BCUT2D eigenvalue weighted by molar-refractivity contribution is 6.32. The fraction of sp³-hybridized carbons (Fsp3) is 0.536. The number of hydrogen-bond donors (Lipinski definition) is 1. The Labute approximate surface area is 217 Å². The van der Waals surface area contributed by atoms with Gasteiger partial charge in [-0.3, -0.25) is 14.4 Å². The SMILES string of the molecule is CCOc1cc(C2C3=C(CC(C)(C)CC3=O)N(C)C3=C2C(=O)CC(C)(C)C3)cc(Cl)c1OCC(N)=O. The number of nitrogens with two attached hydrogens (primary N) is 1. The van der Waals surface area contributed by atoms with Crippen molar-refractivity contribution in [1.29, 1.82) is 0 Å². The molecule has 2 aliphatic carbocycles. The summed E-state index contributed by atoms with van der Waals surface area (Å²) in [5, 5.41) is 0.229. The van der Waals surface area contributed by atoms with Crippen molar-refractivity contribution in [2.75, 3.05) is 20.3 Å². The minimum atomic E-state index is -0.636. The number of halogens is 1. The third kappa shape index (κ3) is 4.77. The molecule has 1 amide bonds. The molecule has 0 spiro atoms. The summed E-state index contributed by atoms with van der Waals surface area (Å²) in [7, 11) is 1.98. The van der Waals surface area contributed by atoms with Crippen LogP contribution in [0.3, 0.4) is 0 Å². The Balaban J connectivity index is 1.94. The van der Waals surface area contributed by atoms with Gasteiger partial charge in [0.05, 0.1) is 11.6 Å². The van der Waals surface area contributed by atoms with Crippen LogP contribution in [0.2, 0.25) is 5.02 Å². The van der Waals surface area contributed by atoms with Gasteiger partial charge in [0.25, 0.3) is 5.91 Å². The van der Waals surface area contributed by atoms with Gasteiger partial charge in [-0.15, -0.1) is 0 Å². The van der Waals surface area contributed by atoms with Crippen LogP contribution >= 0.6 is 11.6 Å². The Morgan fingerprint density at radius 1 is 1.00 bits per heavy atom. The summed E-state index contributed by atoms with van der Waals surface area (Å²) in [5.41, 5.74) is 8.85. The summed E-state index contributed by atoms with van der Waals surface area (Å²) in [6, 6.07) is 3.49. The first-order valence-corrected chi connectivity index (χ1v) is 12.8. The van der Waals surface area contributed by atoms with E-state index < -0.39 is 11.8 Å². The van der Waals surface area contributed by atoms with Crippen molar-refractivity contribution in [2.24, 2.45) is 16.6 Å². The summed E-state index contributed by atoms with van der Waals surface area (Å²) < 4.78 is 11.4. The second-order valence-electron chi connectivity index (χ2n) is 11.6. The van der Waals surface area contributed by atoms with Crippen LogP contribution in [0.25, 0.3) is 0 Å². The third-order valence-electron chi connectivity index (χ3n) is 7.20. The molecule has 0 bridgehead atoms. The molecule has 0 atom stereocenters. The smallest absolute Gasteiger partial charge is 0.255 e. The topological polar surface area (TPSA) is 98.9 Å². The van der Waals surface area contributed by atoms with Crippen molar-refractivity contribution in [3.05, 3.63) is 45.3 Å². The van der Waals surface area contributed by atoms with Crippen LogP contribution in [0.4, 0.5) is 0 Å². The maximum atomic E-state index is 13.7. The van der Waals surface area contributed by atoms with Crippen LogP contribution in [0.5, 0.6) is 11.5 Å². The Hall–Kier alpha value is -2.80. The first kappa shape index (κ1) is 26.3. The number of nitrogens with zero attached hydrogens (tertiary/aromatic N) is 1. The quantitative estimate of drug-likeness (QED) is 0.578. The van der Waals surface area contributed by atoms with Crippen molar-refractivity contribution in [3.63, 3.8) is 0 Å². The molecule has 0 radical (unpaired) electrons. The number of ether oxygens (including phenoxy) is 2.